The average molecular weight is 490 g/mol. The van der Waals surface area contributed by atoms with E-state index in [0.717, 1.165) is 0 Å². The molecule has 0 saturated carbocycles. The highest BCUT2D eigenvalue weighted by atomic mass is 16.5. The summed E-state index contributed by atoms with van der Waals surface area (Å²) in [4.78, 5) is 48.6. The van der Waals surface area contributed by atoms with Crippen LogP contribution in [0.1, 0.15) is 65.7 Å². The Labute approximate surface area is 207 Å². The number of carbonyl (C=O) groups excluding carboxylic acids is 4. The summed E-state index contributed by atoms with van der Waals surface area (Å²) < 4.78 is 11.1. The lowest BCUT2D eigenvalue weighted by atomic mass is 9.86. The number of carbonyl (C=O) groups is 4. The number of cyclic esters (lactones) is 1. The Morgan fingerprint density at radius 2 is 1.86 bits per heavy atom. The van der Waals surface area contributed by atoms with Gasteiger partial charge in [0.05, 0.1) is 12.0 Å². The largest absolute Gasteiger partial charge is 0.454 e. The van der Waals surface area contributed by atoms with Gasteiger partial charge in [-0.3, -0.25) is 19.7 Å². The minimum atomic E-state index is -0.803. The molecule has 0 aromatic rings. The standard InChI is InChI=1S/C27H39NO7/c1-17-14-18(2)27(35-25(32)13-8-6-5-7-12-22(34-4)26(17)33)19(3)21(29)11-9-10-20-15-23(30)28-24(31)16-20/h7-8,12-14,17,19-20,22,26-27,33H,5-6,9-11,15-16H2,1-4H3,(H,28,30,31)/b12-7-,13-8-,18-14+/t17-,19-,22+,26+,27+/m1/s1. The molecule has 1 saturated heterocycles. The first-order valence-corrected chi connectivity index (χ1v) is 12.4. The number of ketones is 1. The number of hydrogen-bond donors (Lipinski definition) is 2. The lowest BCUT2D eigenvalue weighted by Crippen LogP contribution is -2.38. The number of esters is 1. The Kier molecular flexibility index (Phi) is 11.5. The maximum absolute atomic E-state index is 13.0. The van der Waals surface area contributed by atoms with E-state index in [2.05, 4.69) is 5.32 Å². The summed E-state index contributed by atoms with van der Waals surface area (Å²) in [5.74, 6) is -2.06. The van der Waals surface area contributed by atoms with Crippen molar-refractivity contribution in [3.05, 3.63) is 36.0 Å². The van der Waals surface area contributed by atoms with E-state index in [4.69, 9.17) is 9.47 Å². The highest BCUT2D eigenvalue weighted by Gasteiger charge is 2.31. The van der Waals surface area contributed by atoms with Gasteiger partial charge >= 0.3 is 5.97 Å². The van der Waals surface area contributed by atoms with E-state index in [1.54, 1.807) is 27.0 Å². The zero-order valence-electron chi connectivity index (χ0n) is 21.2. The summed E-state index contributed by atoms with van der Waals surface area (Å²) in [7, 11) is 1.55. The first kappa shape index (κ1) is 28.7. The maximum atomic E-state index is 13.0. The predicted octanol–water partition coefficient (Wildman–Crippen LogP) is 3.19. The summed E-state index contributed by atoms with van der Waals surface area (Å²) in [6, 6.07) is 0. The van der Waals surface area contributed by atoms with E-state index < -0.39 is 30.2 Å². The van der Waals surface area contributed by atoms with Crippen molar-refractivity contribution in [2.24, 2.45) is 17.8 Å². The second kappa shape index (κ2) is 14.1. The lowest BCUT2D eigenvalue weighted by molar-refractivity contribution is -0.145. The number of allylic oxidation sites excluding steroid dienone is 2. The number of Topliss-reactive ketones (excluding diaryl/α,β-unsaturated/α-hetero) is 1. The van der Waals surface area contributed by atoms with Crippen LogP contribution in [0.15, 0.2) is 36.0 Å². The van der Waals surface area contributed by atoms with Gasteiger partial charge in [0.15, 0.2) is 0 Å². The second-order valence-electron chi connectivity index (χ2n) is 9.62. The van der Waals surface area contributed by atoms with Crippen LogP contribution in [0.3, 0.4) is 0 Å². The molecule has 0 aromatic heterocycles. The molecule has 2 N–H and O–H groups in total. The van der Waals surface area contributed by atoms with Gasteiger partial charge in [-0.05, 0) is 44.1 Å². The fraction of sp³-hybridized carbons (Fsp3) is 0.630. The molecule has 0 aliphatic carbocycles. The summed E-state index contributed by atoms with van der Waals surface area (Å²) in [6.45, 7) is 5.39. The van der Waals surface area contributed by atoms with Gasteiger partial charge in [0.1, 0.15) is 18.0 Å². The molecule has 2 aliphatic heterocycles. The van der Waals surface area contributed by atoms with E-state index in [-0.39, 0.29) is 35.9 Å². The quantitative estimate of drug-likeness (QED) is 0.320. The van der Waals surface area contributed by atoms with E-state index >= 15 is 0 Å². The number of hydrogen-bond acceptors (Lipinski definition) is 7. The van der Waals surface area contributed by atoms with Crippen LogP contribution in [-0.4, -0.2) is 54.1 Å². The molecular formula is C27H39NO7. The molecule has 8 heteroatoms. The van der Waals surface area contributed by atoms with Crippen molar-refractivity contribution in [1.29, 1.82) is 0 Å². The van der Waals surface area contributed by atoms with Gasteiger partial charge in [0, 0.05) is 38.4 Å². The summed E-state index contributed by atoms with van der Waals surface area (Å²) in [5, 5.41) is 13.1. The van der Waals surface area contributed by atoms with Crippen molar-refractivity contribution in [3.8, 4) is 0 Å². The van der Waals surface area contributed by atoms with Crippen molar-refractivity contribution in [2.75, 3.05) is 7.11 Å². The molecule has 2 amide bonds. The highest BCUT2D eigenvalue weighted by Crippen LogP contribution is 2.25. The first-order valence-electron chi connectivity index (χ1n) is 12.4. The molecule has 194 valence electrons. The van der Waals surface area contributed by atoms with Gasteiger partial charge < -0.3 is 14.6 Å². The van der Waals surface area contributed by atoms with Gasteiger partial charge in [-0.2, -0.15) is 0 Å². The number of piperidine rings is 1. The highest BCUT2D eigenvalue weighted by molar-refractivity contribution is 5.97. The first-order chi connectivity index (χ1) is 16.6. The molecule has 8 nitrogen and oxygen atoms in total. The molecular weight excluding hydrogens is 450 g/mol. The van der Waals surface area contributed by atoms with Gasteiger partial charge in [0.2, 0.25) is 11.8 Å². The zero-order valence-corrected chi connectivity index (χ0v) is 21.2. The van der Waals surface area contributed by atoms with Crippen LogP contribution < -0.4 is 5.32 Å². The SMILES string of the molecule is CO[C@H]1/C=C\CC/C=C\C(=O)O[C@H]([C@H](C)C(=O)CCCC2CC(=O)NC(=O)C2)/C(C)=C/[C@@H](C)[C@@H]1O. The molecule has 5 atom stereocenters. The number of imide groups is 1. The van der Waals surface area contributed by atoms with E-state index in [9.17, 15) is 24.3 Å². The monoisotopic (exact) mass is 489 g/mol. The third-order valence-electron chi connectivity index (χ3n) is 6.67. The molecule has 1 fully saturated rings. The Balaban J connectivity index is 2.11. The number of methoxy groups -OCH3 is 1. The molecule has 0 aromatic carbocycles. The predicted molar refractivity (Wildman–Crippen MR) is 131 cm³/mol. The van der Waals surface area contributed by atoms with Crippen molar-refractivity contribution in [1.82, 2.24) is 5.32 Å². The number of nitrogens with one attached hydrogen (secondary N) is 1. The van der Waals surface area contributed by atoms with Crippen LogP contribution in [0.2, 0.25) is 0 Å². The maximum Gasteiger partial charge on any atom is 0.331 e. The summed E-state index contributed by atoms with van der Waals surface area (Å²) in [6.07, 6.45) is 9.96. The lowest BCUT2D eigenvalue weighted by Gasteiger charge is -2.27. The van der Waals surface area contributed by atoms with Gasteiger partial charge in [-0.25, -0.2) is 4.79 Å². The molecule has 0 unspecified atom stereocenters. The minimum absolute atomic E-state index is 0.0524. The fourth-order valence-electron chi connectivity index (χ4n) is 4.61. The van der Waals surface area contributed by atoms with Crippen LogP contribution in [0, 0.1) is 17.8 Å². The second-order valence-corrected chi connectivity index (χ2v) is 9.62. The minimum Gasteiger partial charge on any atom is -0.454 e. The van der Waals surface area contributed by atoms with Crippen LogP contribution in [-0.2, 0) is 28.7 Å². The van der Waals surface area contributed by atoms with Crippen molar-refractivity contribution in [3.63, 3.8) is 0 Å². The van der Waals surface area contributed by atoms with E-state index in [0.29, 0.717) is 44.1 Å². The Morgan fingerprint density at radius 1 is 1.20 bits per heavy atom. The molecule has 35 heavy (non-hydrogen) atoms. The molecule has 0 bridgehead atoms. The van der Waals surface area contributed by atoms with Crippen LogP contribution in [0.5, 0.6) is 0 Å². The van der Waals surface area contributed by atoms with E-state index in [1.807, 2.05) is 25.2 Å². The summed E-state index contributed by atoms with van der Waals surface area (Å²) >= 11 is 0. The normalized spacial score (nSPS) is 31.3. The Hall–Kier alpha value is -2.58. The van der Waals surface area contributed by atoms with Crippen molar-refractivity contribution in [2.45, 2.75) is 84.0 Å². The Bertz CT molecular complexity index is 844. The number of ether oxygens (including phenoxy) is 2. The zero-order chi connectivity index (χ0) is 26.0. The average Bonchev–Trinajstić information content (AvgIpc) is 2.79. The van der Waals surface area contributed by atoms with Crippen molar-refractivity contribution < 1.29 is 33.8 Å². The third kappa shape index (κ3) is 9.18. The van der Waals surface area contributed by atoms with E-state index in [1.165, 1.54) is 6.08 Å². The smallest absolute Gasteiger partial charge is 0.331 e. The molecule has 2 aliphatic rings. The van der Waals surface area contributed by atoms with Gasteiger partial charge in [-0.15, -0.1) is 0 Å². The topological polar surface area (TPSA) is 119 Å². The van der Waals surface area contributed by atoms with Gasteiger partial charge in [0.25, 0.3) is 0 Å². The van der Waals surface area contributed by atoms with Crippen LogP contribution in [0.4, 0.5) is 0 Å². The molecule has 0 radical (unpaired) electrons. The van der Waals surface area contributed by atoms with Crippen LogP contribution in [0.25, 0.3) is 0 Å². The number of amides is 2. The number of rotatable bonds is 7. The third-order valence-corrected chi connectivity index (χ3v) is 6.67. The molecule has 2 heterocycles. The fourth-order valence-corrected chi connectivity index (χ4v) is 4.61. The molecule has 0 spiro atoms. The number of aliphatic hydroxyl groups is 1. The number of aliphatic hydroxyl groups excluding tert-OH is 1. The van der Waals surface area contributed by atoms with Crippen LogP contribution >= 0.6 is 0 Å². The Morgan fingerprint density at radius 3 is 2.51 bits per heavy atom. The van der Waals surface area contributed by atoms with Crippen molar-refractivity contribution >= 4 is 23.6 Å². The summed E-state index contributed by atoms with van der Waals surface area (Å²) in [5.41, 5.74) is 0.685. The van der Waals surface area contributed by atoms with Gasteiger partial charge in [-0.1, -0.05) is 38.2 Å². The molecule has 2 rings (SSSR count).